The highest BCUT2D eigenvalue weighted by atomic mass is 32.2. The van der Waals surface area contributed by atoms with Crippen LogP contribution in [0.1, 0.15) is 0 Å². The highest BCUT2D eigenvalue weighted by Crippen LogP contribution is 2.00. The molecular formula is C8H20N2O10S2. The highest BCUT2D eigenvalue weighted by molar-refractivity contribution is 7.86. The molecule has 0 fully saturated rings. The molecule has 22 heavy (non-hydrogen) atoms. The second kappa shape index (κ2) is 9.66. The molecule has 0 aliphatic carbocycles. The zero-order chi connectivity index (χ0) is 17.3. The Hall–Kier alpha value is -0.420. The van der Waals surface area contributed by atoms with Gasteiger partial charge in [-0.05, 0) is 0 Å². The molecule has 134 valence electrons. The lowest BCUT2D eigenvalue weighted by atomic mass is 10.1. The molecule has 0 unspecified atom stereocenters. The van der Waals surface area contributed by atoms with Gasteiger partial charge in [-0.25, -0.2) is 9.78 Å². The minimum atomic E-state index is -4.22. The number of nitrogens with two attached hydrogens (primary N) is 1. The molecule has 14 heteroatoms. The summed E-state index contributed by atoms with van der Waals surface area (Å²) in [4.78, 5) is 9.05. The van der Waals surface area contributed by atoms with Crippen molar-refractivity contribution in [1.29, 1.82) is 0 Å². The third-order valence-electron chi connectivity index (χ3n) is 2.12. The zero-order valence-corrected chi connectivity index (χ0v) is 13.2. The van der Waals surface area contributed by atoms with Crippen LogP contribution in [0.5, 0.6) is 0 Å². The topological polar surface area (TPSA) is 195 Å². The van der Waals surface area contributed by atoms with Gasteiger partial charge in [0.2, 0.25) is 0 Å². The van der Waals surface area contributed by atoms with Crippen LogP contribution in [0.15, 0.2) is 0 Å². The van der Waals surface area contributed by atoms with Crippen LogP contribution in [-0.4, -0.2) is 81.6 Å². The molecule has 0 atom stereocenters. The van der Waals surface area contributed by atoms with Gasteiger partial charge >= 0.3 is 0 Å². The Kier molecular flexibility index (Phi) is 9.47. The molecule has 0 aromatic carbocycles. The van der Waals surface area contributed by atoms with E-state index in [0.29, 0.717) is 0 Å². The minimum absolute atomic E-state index is 0.368. The molecule has 0 amide bonds. The first kappa shape index (κ1) is 21.6. The predicted octanol–water partition coefficient (Wildman–Crippen LogP) is -3.64. The standard InChI is InChI=1S/C8H20N2O10S2/c9-8(5-11,6-12)7-19-18-2-4-22(16,17)20-10-1-3-21(13,14)15/h10-12H,1-7,9H2,(H,13,14,15). The van der Waals surface area contributed by atoms with Crippen LogP contribution in [0, 0.1) is 0 Å². The summed E-state index contributed by atoms with van der Waals surface area (Å²) in [5.74, 6) is -1.34. The summed E-state index contributed by atoms with van der Waals surface area (Å²) in [7, 11) is -8.27. The van der Waals surface area contributed by atoms with E-state index < -0.39 is 63.6 Å². The lowest BCUT2D eigenvalue weighted by molar-refractivity contribution is -0.301. The number of hydrogen-bond acceptors (Lipinski definition) is 11. The van der Waals surface area contributed by atoms with E-state index >= 15 is 0 Å². The van der Waals surface area contributed by atoms with E-state index in [4.69, 9.17) is 20.5 Å². The van der Waals surface area contributed by atoms with Gasteiger partial charge in [0.05, 0.1) is 31.1 Å². The lowest BCUT2D eigenvalue weighted by Gasteiger charge is -2.23. The quantitative estimate of drug-likeness (QED) is 0.0927. The smallest absolute Gasteiger partial charge is 0.285 e. The number of hydroxylamine groups is 1. The van der Waals surface area contributed by atoms with Gasteiger partial charge in [0, 0.05) is 6.54 Å². The summed E-state index contributed by atoms with van der Waals surface area (Å²) in [6.45, 7) is -2.36. The van der Waals surface area contributed by atoms with Crippen molar-refractivity contribution in [3.8, 4) is 0 Å². The van der Waals surface area contributed by atoms with Crippen molar-refractivity contribution < 1.29 is 45.7 Å². The second-order valence-electron chi connectivity index (χ2n) is 4.29. The monoisotopic (exact) mass is 368 g/mol. The first-order chi connectivity index (χ1) is 10.0. The fourth-order valence-electron chi connectivity index (χ4n) is 0.839. The van der Waals surface area contributed by atoms with Crippen LogP contribution < -0.4 is 11.2 Å². The van der Waals surface area contributed by atoms with Gasteiger partial charge in [-0.15, -0.1) is 0 Å². The molecule has 0 rings (SSSR count). The van der Waals surface area contributed by atoms with Crippen LogP contribution in [0.3, 0.4) is 0 Å². The van der Waals surface area contributed by atoms with Crippen molar-refractivity contribution in [2.24, 2.45) is 5.73 Å². The minimum Gasteiger partial charge on any atom is -0.394 e. The SMILES string of the molecule is NC(CO)(CO)COOCCS(=O)(=O)ONCCS(=O)(=O)O. The molecule has 12 nitrogen and oxygen atoms in total. The first-order valence-electron chi connectivity index (χ1n) is 5.88. The molecular weight excluding hydrogens is 348 g/mol. The van der Waals surface area contributed by atoms with E-state index in [0.717, 1.165) is 0 Å². The van der Waals surface area contributed by atoms with Gasteiger partial charge in [-0.1, -0.05) is 0 Å². The normalized spacial score (nSPS) is 13.5. The van der Waals surface area contributed by atoms with E-state index in [1.165, 1.54) is 0 Å². The zero-order valence-electron chi connectivity index (χ0n) is 11.5. The Labute approximate surface area is 127 Å². The van der Waals surface area contributed by atoms with Crippen molar-refractivity contribution in [1.82, 2.24) is 5.48 Å². The number of aliphatic hydroxyl groups excluding tert-OH is 2. The molecule has 0 aliphatic heterocycles. The van der Waals surface area contributed by atoms with Gasteiger partial charge in [0.15, 0.2) is 0 Å². The van der Waals surface area contributed by atoms with Crippen LogP contribution in [0.4, 0.5) is 0 Å². The molecule has 0 spiro atoms. The Morgan fingerprint density at radius 3 is 2.14 bits per heavy atom. The fraction of sp³-hybridized carbons (Fsp3) is 1.00. The summed E-state index contributed by atoms with van der Waals surface area (Å²) >= 11 is 0. The van der Waals surface area contributed by atoms with Crippen molar-refractivity contribution in [2.75, 3.05) is 44.5 Å². The van der Waals surface area contributed by atoms with E-state index in [9.17, 15) is 16.8 Å². The highest BCUT2D eigenvalue weighted by Gasteiger charge is 2.24. The third-order valence-corrected chi connectivity index (χ3v) is 3.88. The average Bonchev–Trinajstić information content (AvgIpc) is 2.42. The second-order valence-corrected chi connectivity index (χ2v) is 7.55. The number of rotatable bonds is 13. The van der Waals surface area contributed by atoms with Crippen molar-refractivity contribution in [3.05, 3.63) is 0 Å². The van der Waals surface area contributed by atoms with Gasteiger partial charge in [-0.2, -0.15) is 26.6 Å². The molecule has 0 aliphatic rings. The van der Waals surface area contributed by atoms with Crippen LogP contribution in [0.2, 0.25) is 0 Å². The third kappa shape index (κ3) is 11.2. The Morgan fingerprint density at radius 1 is 1.05 bits per heavy atom. The van der Waals surface area contributed by atoms with E-state index in [1.807, 2.05) is 5.48 Å². The van der Waals surface area contributed by atoms with Gasteiger partial charge < -0.3 is 15.9 Å². The number of aliphatic hydroxyl groups is 2. The van der Waals surface area contributed by atoms with Gasteiger partial charge in [0.25, 0.3) is 20.2 Å². The molecule has 0 heterocycles. The maximum Gasteiger partial charge on any atom is 0.285 e. The van der Waals surface area contributed by atoms with Gasteiger partial charge in [-0.3, -0.25) is 4.55 Å². The predicted molar refractivity (Wildman–Crippen MR) is 72.3 cm³/mol. The van der Waals surface area contributed by atoms with Gasteiger partial charge in [0.1, 0.15) is 12.4 Å². The Bertz CT molecular complexity index is 501. The maximum atomic E-state index is 11.3. The van der Waals surface area contributed by atoms with E-state index in [2.05, 4.69) is 14.1 Å². The number of hydrogen-bond donors (Lipinski definition) is 5. The fourth-order valence-corrected chi connectivity index (χ4v) is 1.80. The molecule has 0 aromatic rings. The largest absolute Gasteiger partial charge is 0.394 e. The molecule has 0 saturated heterocycles. The molecule has 0 aromatic heterocycles. The van der Waals surface area contributed by atoms with Crippen LogP contribution in [0.25, 0.3) is 0 Å². The molecule has 0 radical (unpaired) electrons. The molecule has 0 bridgehead atoms. The average molecular weight is 368 g/mol. The van der Waals surface area contributed by atoms with E-state index in [-0.39, 0.29) is 6.61 Å². The summed E-state index contributed by atoms with van der Waals surface area (Å²) in [6.07, 6.45) is 0. The molecule has 6 N–H and O–H groups in total. The van der Waals surface area contributed by atoms with E-state index in [1.54, 1.807) is 0 Å². The summed E-state index contributed by atoms with van der Waals surface area (Å²) in [5, 5.41) is 17.7. The van der Waals surface area contributed by atoms with Crippen molar-refractivity contribution >= 4 is 20.2 Å². The molecule has 0 saturated carbocycles. The summed E-state index contributed by atoms with van der Waals surface area (Å²) in [5.41, 5.74) is 5.90. The van der Waals surface area contributed by atoms with Crippen LogP contribution in [-0.2, 0) is 34.3 Å². The van der Waals surface area contributed by atoms with Crippen LogP contribution >= 0.6 is 0 Å². The summed E-state index contributed by atoms with van der Waals surface area (Å²) < 4.78 is 55.9. The Balaban J connectivity index is 3.85. The maximum absolute atomic E-state index is 11.3. The lowest BCUT2D eigenvalue weighted by Crippen LogP contribution is -2.51. The Morgan fingerprint density at radius 2 is 1.64 bits per heavy atom. The first-order valence-corrected chi connectivity index (χ1v) is 9.06. The number of nitrogens with one attached hydrogen (secondary N) is 1. The summed E-state index contributed by atoms with van der Waals surface area (Å²) in [6, 6.07) is 0. The van der Waals surface area contributed by atoms with Crippen molar-refractivity contribution in [3.63, 3.8) is 0 Å². The van der Waals surface area contributed by atoms with Crippen molar-refractivity contribution in [2.45, 2.75) is 5.54 Å².